The van der Waals surface area contributed by atoms with E-state index in [9.17, 15) is 18.3 Å². The second-order valence-corrected chi connectivity index (χ2v) is 7.10. The monoisotopic (exact) mass is 337 g/mol. The number of benzene rings is 1. The fraction of sp³-hybridized carbons (Fsp3) is 0.385. The van der Waals surface area contributed by atoms with Crippen molar-refractivity contribution < 1.29 is 18.3 Å². The molecule has 0 bridgehead atoms. The Morgan fingerprint density at radius 2 is 1.96 bits per heavy atom. The SMILES string of the molecule is O=C(O)C1CCCCN1S(=O)(=O)c1ccc(-n2cnnn2)cc1. The summed E-state index contributed by atoms with van der Waals surface area (Å²) in [6.45, 7) is 0.216. The Morgan fingerprint density at radius 3 is 2.57 bits per heavy atom. The first-order valence-corrected chi connectivity index (χ1v) is 8.52. The van der Waals surface area contributed by atoms with Crippen LogP contribution in [0.3, 0.4) is 0 Å². The van der Waals surface area contributed by atoms with Gasteiger partial charge in [-0.05, 0) is 54.0 Å². The molecule has 9 nitrogen and oxygen atoms in total. The summed E-state index contributed by atoms with van der Waals surface area (Å²) in [5.41, 5.74) is 0.613. The molecule has 1 aromatic carbocycles. The summed E-state index contributed by atoms with van der Waals surface area (Å²) in [7, 11) is -3.85. The van der Waals surface area contributed by atoms with Crippen LogP contribution in [0.2, 0.25) is 0 Å². The maximum Gasteiger partial charge on any atom is 0.322 e. The summed E-state index contributed by atoms with van der Waals surface area (Å²) in [5.74, 6) is -1.11. The Bertz CT molecular complexity index is 788. The number of carboxylic acid groups (broad SMARTS) is 1. The summed E-state index contributed by atoms with van der Waals surface area (Å²) < 4.78 is 27.9. The first-order chi connectivity index (χ1) is 11.0. The molecule has 1 N–H and O–H groups in total. The zero-order chi connectivity index (χ0) is 16.4. The molecule has 23 heavy (non-hydrogen) atoms. The van der Waals surface area contributed by atoms with Crippen LogP contribution in [-0.4, -0.2) is 56.6 Å². The fourth-order valence-corrected chi connectivity index (χ4v) is 4.28. The lowest BCUT2D eigenvalue weighted by Crippen LogP contribution is -2.47. The van der Waals surface area contributed by atoms with Gasteiger partial charge in [0.15, 0.2) is 0 Å². The fourth-order valence-electron chi connectivity index (χ4n) is 2.63. The molecule has 1 saturated heterocycles. The first-order valence-electron chi connectivity index (χ1n) is 7.08. The molecule has 0 aliphatic carbocycles. The van der Waals surface area contributed by atoms with Gasteiger partial charge in [-0.25, -0.2) is 13.1 Å². The van der Waals surface area contributed by atoms with E-state index in [1.165, 1.54) is 23.1 Å². The van der Waals surface area contributed by atoms with Crippen LogP contribution < -0.4 is 0 Å². The van der Waals surface area contributed by atoms with Crippen molar-refractivity contribution in [1.82, 2.24) is 24.5 Å². The second-order valence-electron chi connectivity index (χ2n) is 5.21. The molecule has 0 amide bonds. The summed E-state index contributed by atoms with van der Waals surface area (Å²) in [5, 5.41) is 20.0. The third-order valence-electron chi connectivity index (χ3n) is 3.80. The van der Waals surface area contributed by atoms with Gasteiger partial charge in [-0.1, -0.05) is 0 Å². The van der Waals surface area contributed by atoms with Gasteiger partial charge in [0.2, 0.25) is 10.0 Å². The molecule has 2 heterocycles. The van der Waals surface area contributed by atoms with E-state index in [1.807, 2.05) is 0 Å². The van der Waals surface area contributed by atoms with E-state index in [4.69, 9.17) is 0 Å². The number of carboxylic acids is 1. The number of nitrogens with zero attached hydrogens (tertiary/aromatic N) is 5. The quantitative estimate of drug-likeness (QED) is 0.851. The van der Waals surface area contributed by atoms with Crippen LogP contribution in [0.15, 0.2) is 35.5 Å². The van der Waals surface area contributed by atoms with Gasteiger partial charge in [0, 0.05) is 6.54 Å². The molecule has 1 aliphatic heterocycles. The van der Waals surface area contributed by atoms with Crippen LogP contribution >= 0.6 is 0 Å². The zero-order valence-corrected chi connectivity index (χ0v) is 12.9. The number of aliphatic carboxylic acids is 1. The van der Waals surface area contributed by atoms with Crippen molar-refractivity contribution in [2.24, 2.45) is 0 Å². The molecular weight excluding hydrogens is 322 g/mol. The number of aromatic nitrogens is 4. The Kier molecular flexibility index (Phi) is 4.09. The number of tetrazole rings is 1. The van der Waals surface area contributed by atoms with Gasteiger partial charge in [-0.15, -0.1) is 5.10 Å². The van der Waals surface area contributed by atoms with E-state index in [0.717, 1.165) is 4.31 Å². The van der Waals surface area contributed by atoms with Crippen molar-refractivity contribution in [1.29, 1.82) is 0 Å². The molecule has 1 fully saturated rings. The van der Waals surface area contributed by atoms with Crippen molar-refractivity contribution >= 4 is 16.0 Å². The van der Waals surface area contributed by atoms with Gasteiger partial charge in [-0.2, -0.15) is 4.31 Å². The highest BCUT2D eigenvalue weighted by atomic mass is 32.2. The van der Waals surface area contributed by atoms with Crippen LogP contribution in [-0.2, 0) is 14.8 Å². The van der Waals surface area contributed by atoms with Gasteiger partial charge in [0.05, 0.1) is 10.6 Å². The first kappa shape index (κ1) is 15.6. The van der Waals surface area contributed by atoms with E-state index in [0.29, 0.717) is 24.9 Å². The highest BCUT2D eigenvalue weighted by molar-refractivity contribution is 7.89. The molecule has 1 aliphatic rings. The number of sulfonamides is 1. The van der Waals surface area contributed by atoms with Crippen molar-refractivity contribution in [2.75, 3.05) is 6.54 Å². The maximum atomic E-state index is 12.7. The topological polar surface area (TPSA) is 118 Å². The average molecular weight is 337 g/mol. The summed E-state index contributed by atoms with van der Waals surface area (Å²) >= 11 is 0. The third kappa shape index (κ3) is 2.94. The van der Waals surface area contributed by atoms with Gasteiger partial charge < -0.3 is 5.11 Å². The Balaban J connectivity index is 1.91. The second kappa shape index (κ2) is 6.05. The average Bonchev–Trinajstić information content (AvgIpc) is 3.09. The molecular formula is C13H15N5O4S. The minimum atomic E-state index is -3.85. The third-order valence-corrected chi connectivity index (χ3v) is 5.72. The standard InChI is InChI=1S/C13H15N5O4S/c19-13(20)12-3-1-2-8-18(12)23(21,22)11-6-4-10(5-7-11)17-9-14-15-16-17/h4-7,9,12H,1-3,8H2,(H,19,20). The highest BCUT2D eigenvalue weighted by Gasteiger charge is 2.37. The van der Waals surface area contributed by atoms with Gasteiger partial charge in [0.25, 0.3) is 0 Å². The number of carbonyl (C=O) groups is 1. The van der Waals surface area contributed by atoms with Gasteiger partial charge in [0.1, 0.15) is 12.4 Å². The largest absolute Gasteiger partial charge is 0.480 e. The summed E-state index contributed by atoms with van der Waals surface area (Å²) in [6, 6.07) is 5.00. The molecule has 0 saturated carbocycles. The normalized spacial score (nSPS) is 19.6. The van der Waals surface area contributed by atoms with Crippen molar-refractivity contribution in [3.05, 3.63) is 30.6 Å². The van der Waals surface area contributed by atoms with Crippen LogP contribution in [0.4, 0.5) is 0 Å². The molecule has 122 valence electrons. The number of rotatable bonds is 4. The minimum Gasteiger partial charge on any atom is -0.480 e. The van der Waals surface area contributed by atoms with Gasteiger partial charge >= 0.3 is 5.97 Å². The predicted molar refractivity (Wildman–Crippen MR) is 78.3 cm³/mol. The van der Waals surface area contributed by atoms with Crippen molar-refractivity contribution in [2.45, 2.75) is 30.2 Å². The number of hydrogen-bond donors (Lipinski definition) is 1. The molecule has 10 heteroatoms. The lowest BCUT2D eigenvalue weighted by molar-refractivity contribution is -0.142. The van der Waals surface area contributed by atoms with Gasteiger partial charge in [-0.3, -0.25) is 4.79 Å². The highest BCUT2D eigenvalue weighted by Crippen LogP contribution is 2.26. The van der Waals surface area contributed by atoms with E-state index < -0.39 is 22.0 Å². The molecule has 1 atom stereocenters. The molecule has 1 aromatic heterocycles. The summed E-state index contributed by atoms with van der Waals surface area (Å²) in [6.07, 6.45) is 3.10. The molecule has 0 radical (unpaired) electrons. The lowest BCUT2D eigenvalue weighted by atomic mass is 10.1. The molecule has 3 rings (SSSR count). The smallest absolute Gasteiger partial charge is 0.322 e. The van der Waals surface area contributed by atoms with E-state index in [-0.39, 0.29) is 11.4 Å². The van der Waals surface area contributed by atoms with E-state index >= 15 is 0 Å². The zero-order valence-electron chi connectivity index (χ0n) is 12.1. The number of piperidine rings is 1. The molecule has 2 aromatic rings. The minimum absolute atomic E-state index is 0.0578. The maximum absolute atomic E-state index is 12.7. The van der Waals surface area contributed by atoms with Crippen LogP contribution in [0.25, 0.3) is 5.69 Å². The van der Waals surface area contributed by atoms with E-state index in [2.05, 4.69) is 15.5 Å². The summed E-state index contributed by atoms with van der Waals surface area (Å²) in [4.78, 5) is 11.4. The predicted octanol–water partition coefficient (Wildman–Crippen LogP) is 0.290. The van der Waals surface area contributed by atoms with Crippen LogP contribution in [0.5, 0.6) is 0 Å². The van der Waals surface area contributed by atoms with Crippen molar-refractivity contribution in [3.63, 3.8) is 0 Å². The van der Waals surface area contributed by atoms with E-state index in [1.54, 1.807) is 12.1 Å². The Morgan fingerprint density at radius 1 is 1.22 bits per heavy atom. The lowest BCUT2D eigenvalue weighted by Gasteiger charge is -2.31. The van der Waals surface area contributed by atoms with Crippen LogP contribution in [0, 0.1) is 0 Å². The van der Waals surface area contributed by atoms with Crippen molar-refractivity contribution in [3.8, 4) is 5.69 Å². The number of hydrogen-bond acceptors (Lipinski definition) is 6. The van der Waals surface area contributed by atoms with Crippen LogP contribution in [0.1, 0.15) is 19.3 Å². The Hall–Kier alpha value is -2.33. The molecule has 1 unspecified atom stereocenters. The Labute approximate surface area is 132 Å². The molecule has 0 spiro atoms.